The van der Waals surface area contributed by atoms with E-state index in [0.29, 0.717) is 17.8 Å². The van der Waals surface area contributed by atoms with Crippen LogP contribution in [-0.4, -0.2) is 42.0 Å². The molecule has 0 amide bonds. The number of aromatic nitrogens is 3. The summed E-state index contributed by atoms with van der Waals surface area (Å²) in [5.74, 6) is 0. The quantitative estimate of drug-likeness (QED) is 0.689. The fraction of sp³-hybridized carbons (Fsp3) is 0.368. The van der Waals surface area contributed by atoms with Gasteiger partial charge in [0.15, 0.2) is 5.65 Å². The highest BCUT2D eigenvalue weighted by atomic mass is 32.2. The van der Waals surface area contributed by atoms with Crippen LogP contribution >= 0.6 is 0 Å². The summed E-state index contributed by atoms with van der Waals surface area (Å²) in [5, 5.41) is 4.59. The van der Waals surface area contributed by atoms with Gasteiger partial charge in [-0.1, -0.05) is 25.1 Å². The third-order valence-electron chi connectivity index (χ3n) is 4.48. The fourth-order valence-corrected chi connectivity index (χ4v) is 4.77. The summed E-state index contributed by atoms with van der Waals surface area (Å²) >= 11 is 0. The number of aryl methyl sites for hydroxylation is 3. The fourth-order valence-electron chi connectivity index (χ4n) is 3.16. The molecule has 0 aliphatic carbocycles. The van der Waals surface area contributed by atoms with E-state index in [4.69, 9.17) is 0 Å². The van der Waals surface area contributed by atoms with Crippen LogP contribution in [0.4, 0.5) is 0 Å². The van der Waals surface area contributed by atoms with Crippen LogP contribution in [0.2, 0.25) is 0 Å². The molecule has 2 aromatic heterocycles. The Balaban J connectivity index is 2.33. The Morgan fingerprint density at radius 1 is 1.12 bits per heavy atom. The zero-order chi connectivity index (χ0) is 19.1. The Morgan fingerprint density at radius 2 is 1.77 bits per heavy atom. The minimum atomic E-state index is -3.69. The predicted molar refractivity (Wildman–Crippen MR) is 101 cm³/mol. The van der Waals surface area contributed by atoms with E-state index in [1.807, 2.05) is 34.9 Å². The first-order valence-corrected chi connectivity index (χ1v) is 10.1. The van der Waals surface area contributed by atoms with Crippen molar-refractivity contribution in [2.45, 2.75) is 43.5 Å². The maximum Gasteiger partial charge on any atom is 0.212 e. The van der Waals surface area contributed by atoms with E-state index in [9.17, 15) is 8.42 Å². The lowest BCUT2D eigenvalue weighted by Gasteiger charge is -2.15. The molecule has 0 atom stereocenters. The number of hydrogen-bond donors (Lipinski definition) is 0. The molecule has 6 nitrogen and oxygen atoms in total. The Bertz CT molecular complexity index is 1050. The van der Waals surface area contributed by atoms with Crippen LogP contribution < -0.4 is 0 Å². The molecular formula is C19H24N4O2S. The molecule has 0 aliphatic rings. The third kappa shape index (κ3) is 3.01. The van der Waals surface area contributed by atoms with Gasteiger partial charge < -0.3 is 4.90 Å². The second-order valence-corrected chi connectivity index (χ2v) is 8.57. The van der Waals surface area contributed by atoms with E-state index in [-0.39, 0.29) is 9.79 Å². The summed E-state index contributed by atoms with van der Waals surface area (Å²) < 4.78 is 28.2. The van der Waals surface area contributed by atoms with Crippen LogP contribution in [0, 0.1) is 13.8 Å². The minimum absolute atomic E-state index is 0.216. The Kier molecular flexibility index (Phi) is 4.86. The highest BCUT2D eigenvalue weighted by molar-refractivity contribution is 7.91. The predicted octanol–water partition coefficient (Wildman–Crippen LogP) is 2.80. The molecule has 138 valence electrons. The van der Waals surface area contributed by atoms with E-state index in [1.54, 1.807) is 34.8 Å². The van der Waals surface area contributed by atoms with E-state index in [2.05, 4.69) is 15.0 Å². The van der Waals surface area contributed by atoms with E-state index in [1.165, 1.54) is 0 Å². The summed E-state index contributed by atoms with van der Waals surface area (Å²) in [7, 11) is 0.299. The highest BCUT2D eigenvalue weighted by Crippen LogP contribution is 2.29. The van der Waals surface area contributed by atoms with Crippen LogP contribution in [0.25, 0.3) is 5.65 Å². The summed E-state index contributed by atoms with van der Waals surface area (Å²) in [6.07, 6.45) is 0.520. The molecule has 0 saturated heterocycles. The molecule has 0 N–H and O–H groups in total. The molecule has 0 bridgehead atoms. The molecule has 0 spiro atoms. The topological polar surface area (TPSA) is 67.6 Å². The lowest BCUT2D eigenvalue weighted by molar-refractivity contribution is 0.398. The van der Waals surface area contributed by atoms with Gasteiger partial charge in [-0.05, 0) is 46.5 Å². The molecule has 0 unspecified atom stereocenters. The van der Waals surface area contributed by atoms with Gasteiger partial charge in [0.25, 0.3) is 0 Å². The van der Waals surface area contributed by atoms with Crippen molar-refractivity contribution in [3.8, 4) is 0 Å². The molecule has 0 radical (unpaired) electrons. The van der Waals surface area contributed by atoms with Crippen LogP contribution in [-0.2, 0) is 22.8 Å². The van der Waals surface area contributed by atoms with Crippen molar-refractivity contribution in [1.29, 1.82) is 0 Å². The van der Waals surface area contributed by atoms with Crippen LogP contribution in [0.15, 0.2) is 40.1 Å². The smallest absolute Gasteiger partial charge is 0.212 e. The Morgan fingerprint density at radius 3 is 2.35 bits per heavy atom. The second kappa shape index (κ2) is 6.81. The largest absolute Gasteiger partial charge is 0.305 e. The van der Waals surface area contributed by atoms with Gasteiger partial charge in [-0.15, -0.1) is 0 Å². The van der Waals surface area contributed by atoms with Crippen molar-refractivity contribution in [3.63, 3.8) is 0 Å². The average molecular weight is 372 g/mol. The van der Waals surface area contributed by atoms with Gasteiger partial charge in [0.1, 0.15) is 4.90 Å². The van der Waals surface area contributed by atoms with Crippen LogP contribution in [0.1, 0.15) is 29.6 Å². The van der Waals surface area contributed by atoms with Crippen molar-refractivity contribution < 1.29 is 8.42 Å². The molecule has 2 heterocycles. The van der Waals surface area contributed by atoms with Gasteiger partial charge in [-0.2, -0.15) is 5.10 Å². The number of rotatable bonds is 5. The van der Waals surface area contributed by atoms with Crippen LogP contribution in [0.5, 0.6) is 0 Å². The van der Waals surface area contributed by atoms with E-state index in [0.717, 1.165) is 23.5 Å². The molecule has 7 heteroatoms. The number of fused-ring (bicyclic) bond motifs is 1. The lowest BCUT2D eigenvalue weighted by Crippen LogP contribution is -2.16. The maximum absolute atomic E-state index is 13.3. The molecule has 3 aromatic rings. The Labute approximate surface area is 154 Å². The first-order valence-electron chi connectivity index (χ1n) is 8.60. The van der Waals surface area contributed by atoms with Crippen molar-refractivity contribution in [2.75, 3.05) is 14.1 Å². The first-order chi connectivity index (χ1) is 12.3. The molecule has 0 aliphatic heterocycles. The maximum atomic E-state index is 13.3. The summed E-state index contributed by atoms with van der Waals surface area (Å²) in [5.41, 5.74) is 3.77. The average Bonchev–Trinajstić information content (AvgIpc) is 2.98. The number of benzene rings is 1. The van der Waals surface area contributed by atoms with Crippen molar-refractivity contribution in [2.24, 2.45) is 0 Å². The van der Waals surface area contributed by atoms with Gasteiger partial charge in [0.05, 0.1) is 10.6 Å². The summed E-state index contributed by atoms with van der Waals surface area (Å²) in [4.78, 5) is 7.19. The van der Waals surface area contributed by atoms with Crippen LogP contribution in [0.3, 0.4) is 0 Å². The number of hydrogen-bond acceptors (Lipinski definition) is 5. The summed E-state index contributed by atoms with van der Waals surface area (Å²) in [6, 6.07) is 8.47. The molecular weight excluding hydrogens is 348 g/mol. The normalized spacial score (nSPS) is 12.2. The van der Waals surface area contributed by atoms with E-state index < -0.39 is 9.84 Å². The van der Waals surface area contributed by atoms with Gasteiger partial charge in [-0.25, -0.2) is 17.9 Å². The lowest BCUT2D eigenvalue weighted by atomic mass is 10.1. The van der Waals surface area contributed by atoms with Crippen molar-refractivity contribution in [1.82, 2.24) is 19.5 Å². The zero-order valence-corrected chi connectivity index (χ0v) is 16.6. The standard InChI is InChI=1S/C19H24N4O2S/c1-6-17-18(26(24,25)15-10-8-7-9-11-15)19-20-13(2)16(12-22(4)5)14(3)23(19)21-17/h7-11H,6,12H2,1-5H3. The van der Waals surface area contributed by atoms with Gasteiger partial charge in [0.2, 0.25) is 9.84 Å². The third-order valence-corrected chi connectivity index (χ3v) is 6.33. The van der Waals surface area contributed by atoms with Gasteiger partial charge in [-0.3, -0.25) is 0 Å². The SMILES string of the molecule is CCc1nn2c(C)c(CN(C)C)c(C)nc2c1S(=O)(=O)c1ccccc1. The minimum Gasteiger partial charge on any atom is -0.305 e. The van der Waals surface area contributed by atoms with E-state index >= 15 is 0 Å². The second-order valence-electron chi connectivity index (χ2n) is 6.68. The molecule has 0 fully saturated rings. The monoisotopic (exact) mass is 372 g/mol. The molecule has 0 saturated carbocycles. The number of nitrogens with zero attached hydrogens (tertiary/aromatic N) is 4. The zero-order valence-electron chi connectivity index (χ0n) is 15.8. The molecule has 3 rings (SSSR count). The highest BCUT2D eigenvalue weighted by Gasteiger charge is 2.29. The van der Waals surface area contributed by atoms with Crippen molar-refractivity contribution >= 4 is 15.5 Å². The number of sulfone groups is 1. The molecule has 1 aromatic carbocycles. The van der Waals surface area contributed by atoms with Gasteiger partial charge in [0, 0.05) is 23.5 Å². The Hall–Kier alpha value is -2.25. The van der Waals surface area contributed by atoms with Crippen molar-refractivity contribution in [3.05, 3.63) is 53.0 Å². The molecule has 26 heavy (non-hydrogen) atoms. The summed E-state index contributed by atoms with van der Waals surface area (Å²) in [6.45, 7) is 6.52. The van der Waals surface area contributed by atoms with Gasteiger partial charge >= 0.3 is 0 Å². The first kappa shape index (κ1) is 18.5.